The molecule has 1 rings (SSSR count). The minimum Gasteiger partial charge on any atom is -0.354 e. The molecule has 0 fully saturated rings. The molecule has 0 bridgehead atoms. The number of aromatic nitrogens is 1. The van der Waals surface area contributed by atoms with Gasteiger partial charge in [0.05, 0.1) is 5.56 Å². The lowest BCUT2D eigenvalue weighted by Crippen LogP contribution is -2.34. The highest BCUT2D eigenvalue weighted by molar-refractivity contribution is 6.29. The molecule has 0 unspecified atom stereocenters. The number of rotatable bonds is 17. The van der Waals surface area contributed by atoms with Crippen molar-refractivity contribution in [2.75, 3.05) is 13.1 Å². The van der Waals surface area contributed by atoms with Gasteiger partial charge in [-0.15, -0.1) is 0 Å². The van der Waals surface area contributed by atoms with E-state index < -0.39 is 0 Å². The van der Waals surface area contributed by atoms with Gasteiger partial charge in [0.15, 0.2) is 0 Å². The Balaban J connectivity index is 1.97. The van der Waals surface area contributed by atoms with Crippen LogP contribution < -0.4 is 10.6 Å². The first-order valence-corrected chi connectivity index (χ1v) is 12.4. The maximum absolute atomic E-state index is 11.9. The standard InChI is InChI=1S/C28H38ClN3O2/c1-2-3-4-5-6-7-8-9-10-11-12-13-14-15-16-17-18-19-27(33)30-22-23-31-28(34)25-20-21-26(29)32-24-25/h3-4,6-7,9-10,12-13,15-16,20-21,24H,2,5,8,11,14,17-19,22-23H2,1H3,(H,30,33)(H,31,34). The molecule has 1 aromatic rings. The lowest BCUT2D eigenvalue weighted by molar-refractivity contribution is -0.121. The molecule has 0 aliphatic heterocycles. The van der Waals surface area contributed by atoms with Crippen LogP contribution in [0.2, 0.25) is 5.15 Å². The van der Waals surface area contributed by atoms with Crippen molar-refractivity contribution >= 4 is 23.4 Å². The van der Waals surface area contributed by atoms with Gasteiger partial charge in [0.25, 0.3) is 5.91 Å². The third-order valence-electron chi connectivity index (χ3n) is 4.65. The van der Waals surface area contributed by atoms with Crippen molar-refractivity contribution in [2.45, 2.75) is 58.3 Å². The number of pyridine rings is 1. The predicted molar refractivity (Wildman–Crippen MR) is 143 cm³/mol. The Morgan fingerprint density at radius 2 is 1.38 bits per heavy atom. The highest BCUT2D eigenvalue weighted by atomic mass is 35.5. The zero-order valence-electron chi connectivity index (χ0n) is 20.2. The maximum Gasteiger partial charge on any atom is 0.252 e. The fourth-order valence-corrected chi connectivity index (χ4v) is 2.94. The number of allylic oxidation sites excluding steroid dienone is 10. The van der Waals surface area contributed by atoms with E-state index in [-0.39, 0.29) is 11.8 Å². The van der Waals surface area contributed by atoms with Crippen LogP contribution in [0.15, 0.2) is 79.1 Å². The van der Waals surface area contributed by atoms with Gasteiger partial charge in [-0.05, 0) is 57.1 Å². The summed E-state index contributed by atoms with van der Waals surface area (Å²) in [5, 5.41) is 5.89. The van der Waals surface area contributed by atoms with Crippen LogP contribution in [0.25, 0.3) is 0 Å². The highest BCUT2D eigenvalue weighted by Gasteiger charge is 2.05. The van der Waals surface area contributed by atoms with Crippen molar-refractivity contribution in [3.05, 3.63) is 89.8 Å². The highest BCUT2D eigenvalue weighted by Crippen LogP contribution is 2.05. The Labute approximate surface area is 209 Å². The van der Waals surface area contributed by atoms with Crippen LogP contribution in [0, 0.1) is 0 Å². The summed E-state index contributed by atoms with van der Waals surface area (Å²) >= 11 is 5.70. The maximum atomic E-state index is 11.9. The van der Waals surface area contributed by atoms with Gasteiger partial charge in [0.1, 0.15) is 5.15 Å². The first kappa shape index (κ1) is 29.1. The summed E-state index contributed by atoms with van der Waals surface area (Å²) in [5.74, 6) is -0.244. The number of halogens is 1. The fraction of sp³-hybridized carbons (Fsp3) is 0.393. The van der Waals surface area contributed by atoms with Crippen molar-refractivity contribution in [3.63, 3.8) is 0 Å². The third kappa shape index (κ3) is 16.7. The van der Waals surface area contributed by atoms with Crippen LogP contribution in [0.4, 0.5) is 0 Å². The van der Waals surface area contributed by atoms with Gasteiger partial charge in [0.2, 0.25) is 5.91 Å². The Bertz CT molecular complexity index is 840. The van der Waals surface area contributed by atoms with Gasteiger partial charge in [-0.25, -0.2) is 4.98 Å². The second-order valence-electron chi connectivity index (χ2n) is 7.58. The molecule has 0 radical (unpaired) electrons. The van der Waals surface area contributed by atoms with E-state index in [2.05, 4.69) is 83.3 Å². The number of hydrogen-bond donors (Lipinski definition) is 2. The molecule has 0 atom stereocenters. The molecule has 34 heavy (non-hydrogen) atoms. The topological polar surface area (TPSA) is 71.1 Å². The second kappa shape index (κ2) is 20.7. The summed E-state index contributed by atoms with van der Waals surface area (Å²) < 4.78 is 0. The lowest BCUT2D eigenvalue weighted by Gasteiger charge is -2.07. The third-order valence-corrected chi connectivity index (χ3v) is 4.88. The first-order valence-electron chi connectivity index (χ1n) is 12.0. The fourth-order valence-electron chi connectivity index (χ4n) is 2.83. The number of unbranched alkanes of at least 4 members (excludes halogenated alkanes) is 1. The average molecular weight is 484 g/mol. The smallest absolute Gasteiger partial charge is 0.252 e. The zero-order chi connectivity index (χ0) is 24.7. The molecule has 0 saturated carbocycles. The van der Waals surface area contributed by atoms with Gasteiger partial charge in [-0.1, -0.05) is 79.3 Å². The molecule has 0 saturated heterocycles. The molecular formula is C28H38ClN3O2. The van der Waals surface area contributed by atoms with Crippen molar-refractivity contribution in [3.8, 4) is 0 Å². The molecule has 1 heterocycles. The van der Waals surface area contributed by atoms with E-state index in [9.17, 15) is 9.59 Å². The van der Waals surface area contributed by atoms with Crippen molar-refractivity contribution in [1.82, 2.24) is 15.6 Å². The summed E-state index contributed by atoms with van der Waals surface area (Å²) in [7, 11) is 0. The van der Waals surface area contributed by atoms with Crippen LogP contribution in [-0.2, 0) is 4.79 Å². The molecule has 2 amide bonds. The van der Waals surface area contributed by atoms with Crippen LogP contribution >= 0.6 is 11.6 Å². The van der Waals surface area contributed by atoms with E-state index >= 15 is 0 Å². The van der Waals surface area contributed by atoms with Crippen molar-refractivity contribution in [1.29, 1.82) is 0 Å². The molecule has 0 aliphatic rings. The van der Waals surface area contributed by atoms with E-state index in [0.29, 0.717) is 30.2 Å². The molecular weight excluding hydrogens is 446 g/mol. The van der Waals surface area contributed by atoms with Gasteiger partial charge in [-0.2, -0.15) is 0 Å². The largest absolute Gasteiger partial charge is 0.354 e. The number of carbonyl (C=O) groups is 2. The van der Waals surface area contributed by atoms with Gasteiger partial charge in [-0.3, -0.25) is 9.59 Å². The van der Waals surface area contributed by atoms with E-state index in [0.717, 1.165) is 44.9 Å². The van der Waals surface area contributed by atoms with Crippen LogP contribution in [0.5, 0.6) is 0 Å². The van der Waals surface area contributed by atoms with E-state index in [1.165, 1.54) is 6.20 Å². The van der Waals surface area contributed by atoms with Gasteiger partial charge in [0, 0.05) is 25.7 Å². The Morgan fingerprint density at radius 1 is 0.824 bits per heavy atom. The van der Waals surface area contributed by atoms with Crippen LogP contribution in [0.3, 0.4) is 0 Å². The van der Waals surface area contributed by atoms with E-state index in [4.69, 9.17) is 11.6 Å². The molecule has 2 N–H and O–H groups in total. The predicted octanol–water partition coefficient (Wildman–Crippen LogP) is 6.50. The summed E-state index contributed by atoms with van der Waals surface area (Å²) in [6, 6.07) is 3.17. The minimum atomic E-state index is -0.239. The molecule has 184 valence electrons. The molecule has 5 nitrogen and oxygen atoms in total. The Hall–Kier alpha value is -2.92. The van der Waals surface area contributed by atoms with Crippen LogP contribution in [-0.4, -0.2) is 29.9 Å². The number of nitrogens with one attached hydrogen (secondary N) is 2. The van der Waals surface area contributed by atoms with Gasteiger partial charge < -0.3 is 10.6 Å². The molecule has 0 spiro atoms. The number of nitrogens with zero attached hydrogens (tertiary/aromatic N) is 1. The molecule has 6 heteroatoms. The lowest BCUT2D eigenvalue weighted by atomic mass is 10.2. The van der Waals surface area contributed by atoms with Crippen molar-refractivity contribution in [2.24, 2.45) is 0 Å². The minimum absolute atomic E-state index is 0.00485. The van der Waals surface area contributed by atoms with Crippen molar-refractivity contribution < 1.29 is 9.59 Å². The average Bonchev–Trinajstić information content (AvgIpc) is 2.84. The summed E-state index contributed by atoms with van der Waals surface area (Å²) in [6.45, 7) is 2.90. The zero-order valence-corrected chi connectivity index (χ0v) is 21.0. The summed E-state index contributed by atoms with van der Waals surface area (Å²) in [4.78, 5) is 27.6. The molecule has 0 aromatic carbocycles. The Morgan fingerprint density at radius 3 is 1.94 bits per heavy atom. The van der Waals surface area contributed by atoms with E-state index in [1.807, 2.05) is 0 Å². The SMILES string of the molecule is CCC=CCC=CCC=CCC=CCC=CCCCC(=O)NCCNC(=O)c1ccc(Cl)nc1. The van der Waals surface area contributed by atoms with E-state index in [1.54, 1.807) is 12.1 Å². The van der Waals surface area contributed by atoms with Gasteiger partial charge >= 0.3 is 0 Å². The number of carbonyl (C=O) groups excluding carboxylic acids is 2. The van der Waals surface area contributed by atoms with Crippen LogP contribution in [0.1, 0.15) is 68.6 Å². The molecule has 1 aromatic heterocycles. The Kier molecular flexibility index (Phi) is 17.7. The molecule has 0 aliphatic carbocycles. The number of amides is 2. The normalized spacial score (nSPS) is 12.1. The number of hydrogen-bond acceptors (Lipinski definition) is 3. The quantitative estimate of drug-likeness (QED) is 0.151. The first-order chi connectivity index (χ1) is 16.6. The second-order valence-corrected chi connectivity index (χ2v) is 7.96. The summed E-state index contributed by atoms with van der Waals surface area (Å²) in [6.07, 6.45) is 30.3. The summed E-state index contributed by atoms with van der Waals surface area (Å²) in [5.41, 5.74) is 0.438. The monoisotopic (exact) mass is 483 g/mol.